The van der Waals surface area contributed by atoms with E-state index in [4.69, 9.17) is 0 Å². The van der Waals surface area contributed by atoms with Crippen molar-refractivity contribution in [1.82, 2.24) is 24.0 Å². The summed E-state index contributed by atoms with van der Waals surface area (Å²) < 4.78 is 28.7. The van der Waals surface area contributed by atoms with E-state index in [1.165, 1.54) is 10.6 Å². The van der Waals surface area contributed by atoms with Gasteiger partial charge in [0, 0.05) is 31.7 Å². The molecule has 9 heteroatoms. The zero-order chi connectivity index (χ0) is 20.4. The Morgan fingerprint density at radius 2 is 1.59 bits per heavy atom. The molecule has 2 aromatic carbocycles. The zero-order valence-corrected chi connectivity index (χ0v) is 16.8. The lowest BCUT2D eigenvalue weighted by Gasteiger charge is -2.34. The molecule has 1 fully saturated rings. The molecule has 8 nitrogen and oxygen atoms in total. The van der Waals surface area contributed by atoms with E-state index in [2.05, 4.69) is 10.1 Å². The van der Waals surface area contributed by atoms with Gasteiger partial charge < -0.3 is 4.90 Å². The smallest absolute Gasteiger partial charge is 0.253 e. The number of piperazine rings is 1. The van der Waals surface area contributed by atoms with E-state index in [0.717, 1.165) is 11.3 Å². The maximum absolute atomic E-state index is 12.8. The first-order valence-corrected chi connectivity index (χ1v) is 10.7. The van der Waals surface area contributed by atoms with E-state index in [0.29, 0.717) is 18.7 Å². The minimum absolute atomic E-state index is 0.109. The molecule has 1 aromatic heterocycles. The van der Waals surface area contributed by atoms with Crippen LogP contribution in [0.25, 0.3) is 5.69 Å². The van der Waals surface area contributed by atoms with Gasteiger partial charge in [0.15, 0.2) is 0 Å². The third-order valence-electron chi connectivity index (χ3n) is 4.98. The van der Waals surface area contributed by atoms with Gasteiger partial charge in [-0.05, 0) is 43.3 Å². The fourth-order valence-corrected chi connectivity index (χ4v) is 4.69. The molecule has 0 atom stereocenters. The van der Waals surface area contributed by atoms with Gasteiger partial charge in [-0.2, -0.15) is 9.40 Å². The van der Waals surface area contributed by atoms with Crippen LogP contribution in [-0.2, 0) is 10.0 Å². The number of rotatable bonds is 4. The van der Waals surface area contributed by atoms with Crippen molar-refractivity contribution in [2.45, 2.75) is 11.8 Å². The molecule has 0 unspecified atom stereocenters. The van der Waals surface area contributed by atoms with E-state index in [1.54, 1.807) is 64.4 Å². The number of aryl methyl sites for hydroxylation is 1. The first-order chi connectivity index (χ1) is 13.9. The lowest BCUT2D eigenvalue weighted by molar-refractivity contribution is 0.0698. The van der Waals surface area contributed by atoms with Gasteiger partial charge >= 0.3 is 0 Å². The molecule has 4 rings (SSSR count). The van der Waals surface area contributed by atoms with Crippen LogP contribution in [0.3, 0.4) is 0 Å². The summed E-state index contributed by atoms with van der Waals surface area (Å²) in [6.45, 7) is 3.18. The number of sulfonamides is 1. The van der Waals surface area contributed by atoms with Gasteiger partial charge in [0.05, 0.1) is 10.6 Å². The van der Waals surface area contributed by atoms with Crippen molar-refractivity contribution < 1.29 is 13.2 Å². The molecule has 0 N–H and O–H groups in total. The van der Waals surface area contributed by atoms with Gasteiger partial charge in [-0.3, -0.25) is 4.79 Å². The summed E-state index contributed by atoms with van der Waals surface area (Å²) in [5.74, 6) is -0.109. The number of carbonyl (C=O) groups is 1. The predicted molar refractivity (Wildman–Crippen MR) is 107 cm³/mol. The third kappa shape index (κ3) is 3.92. The van der Waals surface area contributed by atoms with Crippen molar-refractivity contribution in [3.05, 3.63) is 72.3 Å². The van der Waals surface area contributed by atoms with Crippen LogP contribution in [0.1, 0.15) is 15.9 Å². The maximum atomic E-state index is 12.8. The summed E-state index contributed by atoms with van der Waals surface area (Å²) >= 11 is 0. The second-order valence-electron chi connectivity index (χ2n) is 6.90. The van der Waals surface area contributed by atoms with E-state index in [-0.39, 0.29) is 23.9 Å². The second kappa shape index (κ2) is 7.76. The van der Waals surface area contributed by atoms with Crippen molar-refractivity contribution in [3.63, 3.8) is 0 Å². The maximum Gasteiger partial charge on any atom is 0.253 e. The highest BCUT2D eigenvalue weighted by molar-refractivity contribution is 7.89. The van der Waals surface area contributed by atoms with Gasteiger partial charge in [0.1, 0.15) is 12.7 Å². The van der Waals surface area contributed by atoms with E-state index < -0.39 is 10.0 Å². The van der Waals surface area contributed by atoms with E-state index in [1.807, 2.05) is 6.92 Å². The zero-order valence-electron chi connectivity index (χ0n) is 16.0. The van der Waals surface area contributed by atoms with Crippen LogP contribution in [-0.4, -0.2) is 64.5 Å². The Morgan fingerprint density at radius 3 is 2.17 bits per heavy atom. The molecule has 0 saturated carbocycles. The standard InChI is InChI=1S/C20H21N5O3S/c1-16-2-8-19(9-3-16)29(27,28)24-12-10-23(11-13-24)20(26)17-4-6-18(7-5-17)25-15-21-14-22-25/h2-9,14-15H,10-13H2,1H3. The fourth-order valence-electron chi connectivity index (χ4n) is 3.27. The number of amides is 1. The first-order valence-electron chi connectivity index (χ1n) is 9.26. The molecule has 1 aliphatic rings. The number of hydrogen-bond donors (Lipinski definition) is 0. The van der Waals surface area contributed by atoms with Crippen LogP contribution in [0, 0.1) is 6.92 Å². The average Bonchev–Trinajstić information content (AvgIpc) is 3.29. The van der Waals surface area contributed by atoms with Gasteiger partial charge in [0.2, 0.25) is 10.0 Å². The van der Waals surface area contributed by atoms with Crippen molar-refractivity contribution in [3.8, 4) is 5.69 Å². The number of hydrogen-bond acceptors (Lipinski definition) is 5. The molecule has 1 aliphatic heterocycles. The number of nitrogens with zero attached hydrogens (tertiary/aromatic N) is 5. The van der Waals surface area contributed by atoms with E-state index >= 15 is 0 Å². The first kappa shape index (κ1) is 19.3. The highest BCUT2D eigenvalue weighted by atomic mass is 32.2. The molecule has 0 spiro atoms. The molecular formula is C20H21N5O3S. The Labute approximate surface area is 169 Å². The average molecular weight is 411 g/mol. The lowest BCUT2D eigenvalue weighted by atomic mass is 10.1. The molecule has 150 valence electrons. The fraction of sp³-hybridized carbons (Fsp3) is 0.250. The summed E-state index contributed by atoms with van der Waals surface area (Å²) in [7, 11) is -3.54. The van der Waals surface area contributed by atoms with Gasteiger partial charge in [-0.15, -0.1) is 0 Å². The van der Waals surface area contributed by atoms with Crippen LogP contribution >= 0.6 is 0 Å². The quantitative estimate of drug-likeness (QED) is 0.652. The van der Waals surface area contributed by atoms with Crippen molar-refractivity contribution in [1.29, 1.82) is 0 Å². The Kier molecular flexibility index (Phi) is 5.16. The Hall–Kier alpha value is -3.04. The van der Waals surface area contributed by atoms with Crippen LogP contribution < -0.4 is 0 Å². The number of aromatic nitrogens is 3. The summed E-state index contributed by atoms with van der Waals surface area (Å²) in [6, 6.07) is 13.9. The number of carbonyl (C=O) groups excluding carboxylic acids is 1. The van der Waals surface area contributed by atoms with Crippen LogP contribution in [0.15, 0.2) is 66.1 Å². The Balaban J connectivity index is 1.41. The van der Waals surface area contributed by atoms with Crippen molar-refractivity contribution >= 4 is 15.9 Å². The van der Waals surface area contributed by atoms with Crippen LogP contribution in [0.4, 0.5) is 0 Å². The van der Waals surface area contributed by atoms with Crippen molar-refractivity contribution in [2.75, 3.05) is 26.2 Å². The summed E-state index contributed by atoms with van der Waals surface area (Å²) in [5, 5.41) is 4.06. The summed E-state index contributed by atoms with van der Waals surface area (Å²) in [5.41, 5.74) is 2.38. The molecule has 3 aromatic rings. The normalized spacial score (nSPS) is 15.4. The molecule has 29 heavy (non-hydrogen) atoms. The minimum atomic E-state index is -3.54. The molecule has 2 heterocycles. The summed E-state index contributed by atoms with van der Waals surface area (Å²) in [4.78, 5) is 18.7. The number of benzene rings is 2. The van der Waals surface area contributed by atoms with Crippen LogP contribution in [0.2, 0.25) is 0 Å². The third-order valence-corrected chi connectivity index (χ3v) is 6.90. The molecular weight excluding hydrogens is 390 g/mol. The highest BCUT2D eigenvalue weighted by Crippen LogP contribution is 2.19. The van der Waals surface area contributed by atoms with Gasteiger partial charge in [-0.1, -0.05) is 17.7 Å². The molecule has 1 saturated heterocycles. The van der Waals surface area contributed by atoms with Gasteiger partial charge in [-0.25, -0.2) is 18.1 Å². The SMILES string of the molecule is Cc1ccc(S(=O)(=O)N2CCN(C(=O)c3ccc(-n4cncn4)cc3)CC2)cc1. The van der Waals surface area contributed by atoms with Crippen LogP contribution in [0.5, 0.6) is 0 Å². The van der Waals surface area contributed by atoms with Gasteiger partial charge in [0.25, 0.3) is 5.91 Å². The highest BCUT2D eigenvalue weighted by Gasteiger charge is 2.30. The summed E-state index contributed by atoms with van der Waals surface area (Å²) in [6.07, 6.45) is 3.04. The minimum Gasteiger partial charge on any atom is -0.336 e. The van der Waals surface area contributed by atoms with E-state index in [9.17, 15) is 13.2 Å². The van der Waals surface area contributed by atoms with Crippen molar-refractivity contribution in [2.24, 2.45) is 0 Å². The topological polar surface area (TPSA) is 88.4 Å². The molecule has 0 bridgehead atoms. The second-order valence-corrected chi connectivity index (χ2v) is 8.83. The monoisotopic (exact) mass is 411 g/mol. The Morgan fingerprint density at radius 1 is 0.931 bits per heavy atom. The lowest BCUT2D eigenvalue weighted by Crippen LogP contribution is -2.50. The Bertz CT molecular complexity index is 1090. The largest absolute Gasteiger partial charge is 0.336 e. The molecule has 1 amide bonds. The molecule has 0 radical (unpaired) electrons. The predicted octanol–water partition coefficient (Wildman–Crippen LogP) is 1.72. The molecule has 0 aliphatic carbocycles.